The molecule has 2 heterocycles. The fourth-order valence-electron chi connectivity index (χ4n) is 4.10. The number of ether oxygens (including phenoxy) is 2. The highest BCUT2D eigenvalue weighted by Crippen LogP contribution is 2.39. The maximum atomic E-state index is 13.2. The van der Waals surface area contributed by atoms with Gasteiger partial charge in [-0.2, -0.15) is 0 Å². The number of aryl methyl sites for hydroxylation is 1. The van der Waals surface area contributed by atoms with Gasteiger partial charge in [-0.05, 0) is 48.9 Å². The van der Waals surface area contributed by atoms with Crippen molar-refractivity contribution in [1.29, 1.82) is 0 Å². The summed E-state index contributed by atoms with van der Waals surface area (Å²) in [5, 5.41) is 6.57. The Kier molecular flexibility index (Phi) is 5.81. The molecule has 1 aliphatic carbocycles. The van der Waals surface area contributed by atoms with Crippen LogP contribution in [0.25, 0.3) is 0 Å². The van der Waals surface area contributed by atoms with Crippen molar-refractivity contribution in [3.8, 4) is 11.5 Å². The lowest BCUT2D eigenvalue weighted by molar-refractivity contribution is -0.125. The highest BCUT2D eigenvalue weighted by atomic mass is 32.1. The van der Waals surface area contributed by atoms with E-state index in [2.05, 4.69) is 10.6 Å². The van der Waals surface area contributed by atoms with E-state index in [9.17, 15) is 9.59 Å². The lowest BCUT2D eigenvalue weighted by Crippen LogP contribution is -2.40. The van der Waals surface area contributed by atoms with Crippen molar-refractivity contribution < 1.29 is 19.1 Å². The number of thiophene rings is 1. The predicted octanol–water partition coefficient (Wildman–Crippen LogP) is 4.34. The molecule has 164 valence electrons. The molecule has 3 aromatic rings. The van der Waals surface area contributed by atoms with Crippen molar-refractivity contribution in [2.24, 2.45) is 0 Å². The van der Waals surface area contributed by atoms with Gasteiger partial charge in [0.1, 0.15) is 11.6 Å². The third-order valence-corrected chi connectivity index (χ3v) is 6.94. The van der Waals surface area contributed by atoms with Gasteiger partial charge in [-0.15, -0.1) is 11.3 Å². The largest absolute Gasteiger partial charge is 0.485 e. The number of rotatable bonds is 5. The number of anilines is 1. The molecule has 5 rings (SSSR count). The quantitative estimate of drug-likeness (QED) is 0.609. The van der Waals surface area contributed by atoms with E-state index in [1.807, 2.05) is 48.5 Å². The van der Waals surface area contributed by atoms with Crippen LogP contribution in [0.5, 0.6) is 11.5 Å². The van der Waals surface area contributed by atoms with Crippen LogP contribution in [0.15, 0.2) is 54.6 Å². The van der Waals surface area contributed by atoms with Crippen molar-refractivity contribution in [3.63, 3.8) is 0 Å². The number of carbonyl (C=O) groups is 2. The van der Waals surface area contributed by atoms with Crippen molar-refractivity contribution in [3.05, 3.63) is 76.2 Å². The third-order valence-electron chi connectivity index (χ3n) is 5.73. The topological polar surface area (TPSA) is 76.7 Å². The first-order chi connectivity index (χ1) is 15.7. The Morgan fingerprint density at radius 2 is 1.72 bits per heavy atom. The zero-order chi connectivity index (χ0) is 21.9. The number of benzene rings is 2. The van der Waals surface area contributed by atoms with Crippen LogP contribution < -0.4 is 20.1 Å². The summed E-state index contributed by atoms with van der Waals surface area (Å²) in [4.78, 5) is 27.4. The molecule has 1 aliphatic heterocycles. The van der Waals surface area contributed by atoms with E-state index in [1.165, 1.54) is 16.2 Å². The van der Waals surface area contributed by atoms with Crippen LogP contribution >= 0.6 is 11.3 Å². The Labute approximate surface area is 190 Å². The maximum Gasteiger partial charge on any atom is 0.269 e. The molecule has 2 aromatic carbocycles. The molecule has 0 bridgehead atoms. The second-order valence-corrected chi connectivity index (χ2v) is 9.04. The number of carbonyl (C=O) groups excluding carboxylic acids is 2. The lowest BCUT2D eigenvalue weighted by atomic mass is 9.95. The maximum absolute atomic E-state index is 13.2. The minimum absolute atomic E-state index is 0.128. The number of hydrogen-bond donors (Lipinski definition) is 2. The van der Waals surface area contributed by atoms with E-state index < -0.39 is 6.10 Å². The monoisotopic (exact) mass is 448 g/mol. The molecule has 0 saturated heterocycles. The van der Waals surface area contributed by atoms with Gasteiger partial charge in [0.2, 0.25) is 6.10 Å². The normalized spacial score (nSPS) is 16.7. The molecule has 0 fully saturated rings. The molecule has 1 aromatic heterocycles. The second kappa shape index (κ2) is 9.04. The average molecular weight is 449 g/mol. The Hall–Kier alpha value is -3.32. The van der Waals surface area contributed by atoms with Gasteiger partial charge in [0.15, 0.2) is 11.5 Å². The summed E-state index contributed by atoms with van der Waals surface area (Å²) in [6.07, 6.45) is 3.16. The smallest absolute Gasteiger partial charge is 0.269 e. The van der Waals surface area contributed by atoms with Crippen LogP contribution in [0.2, 0.25) is 0 Å². The average Bonchev–Trinajstić information content (AvgIpc) is 3.20. The molecule has 0 spiro atoms. The molecule has 7 heteroatoms. The molecule has 6 nitrogen and oxygen atoms in total. The van der Waals surface area contributed by atoms with Crippen LogP contribution in [-0.4, -0.2) is 24.5 Å². The summed E-state index contributed by atoms with van der Waals surface area (Å²) in [5.41, 5.74) is 2.68. The molecule has 0 unspecified atom stereocenters. The minimum Gasteiger partial charge on any atom is -0.485 e. The van der Waals surface area contributed by atoms with Crippen molar-refractivity contribution in [2.75, 3.05) is 11.9 Å². The van der Waals surface area contributed by atoms with E-state index >= 15 is 0 Å². The van der Waals surface area contributed by atoms with Crippen molar-refractivity contribution in [2.45, 2.75) is 38.3 Å². The van der Waals surface area contributed by atoms with Gasteiger partial charge in [-0.25, -0.2) is 0 Å². The predicted molar refractivity (Wildman–Crippen MR) is 124 cm³/mol. The molecule has 2 aliphatic rings. The molecule has 2 amide bonds. The van der Waals surface area contributed by atoms with Gasteiger partial charge in [-0.1, -0.05) is 42.5 Å². The van der Waals surface area contributed by atoms with E-state index in [4.69, 9.17) is 9.47 Å². The van der Waals surface area contributed by atoms with Gasteiger partial charge in [0.25, 0.3) is 11.8 Å². The second-order valence-electron chi connectivity index (χ2n) is 7.94. The molecular formula is C25H24N2O4S. The zero-order valence-corrected chi connectivity index (χ0v) is 18.4. The first-order valence-electron chi connectivity index (χ1n) is 10.8. The Morgan fingerprint density at radius 3 is 2.56 bits per heavy atom. The fraction of sp³-hybridized carbons (Fsp3) is 0.280. The number of hydrogen-bond acceptors (Lipinski definition) is 5. The van der Waals surface area contributed by atoms with E-state index in [0.717, 1.165) is 36.8 Å². The van der Waals surface area contributed by atoms with Gasteiger partial charge in [0, 0.05) is 11.4 Å². The number of fused-ring (bicyclic) bond motifs is 2. The van der Waals surface area contributed by atoms with Crippen molar-refractivity contribution >= 4 is 28.2 Å². The summed E-state index contributed by atoms with van der Waals surface area (Å²) in [6.45, 7) is 0.567. The molecule has 0 saturated carbocycles. The van der Waals surface area contributed by atoms with Gasteiger partial charge < -0.3 is 20.1 Å². The summed E-state index contributed by atoms with van der Waals surface area (Å²) in [7, 11) is 0. The minimum atomic E-state index is -0.774. The first kappa shape index (κ1) is 20.6. The van der Waals surface area contributed by atoms with E-state index in [0.29, 0.717) is 28.6 Å². The highest BCUT2D eigenvalue weighted by molar-refractivity contribution is 7.17. The van der Waals surface area contributed by atoms with Crippen LogP contribution in [-0.2, 0) is 24.2 Å². The van der Waals surface area contributed by atoms with Crippen molar-refractivity contribution in [1.82, 2.24) is 5.32 Å². The first-order valence-corrected chi connectivity index (χ1v) is 11.7. The van der Waals surface area contributed by atoms with Gasteiger partial charge >= 0.3 is 0 Å². The van der Waals surface area contributed by atoms with Crippen LogP contribution in [0.1, 0.15) is 39.2 Å². The SMILES string of the molecule is O=C(NCc1ccccc1)c1c(NC(=O)[C@H]2COc3ccccc3O2)sc2c1CCCC2. The van der Waals surface area contributed by atoms with Gasteiger partial charge in [-0.3, -0.25) is 9.59 Å². The number of amides is 2. The Morgan fingerprint density at radius 1 is 0.969 bits per heavy atom. The van der Waals surface area contributed by atoms with Crippen LogP contribution in [0.3, 0.4) is 0 Å². The summed E-state index contributed by atoms with van der Waals surface area (Å²) < 4.78 is 11.5. The zero-order valence-electron chi connectivity index (χ0n) is 17.6. The fourth-order valence-corrected chi connectivity index (χ4v) is 5.39. The van der Waals surface area contributed by atoms with Crippen LogP contribution in [0.4, 0.5) is 5.00 Å². The lowest BCUT2D eigenvalue weighted by Gasteiger charge is -2.25. The molecule has 0 radical (unpaired) electrons. The van der Waals surface area contributed by atoms with Crippen LogP contribution in [0, 0.1) is 0 Å². The summed E-state index contributed by atoms with van der Waals surface area (Å²) in [5.74, 6) is 0.708. The molecule has 2 N–H and O–H groups in total. The Balaban J connectivity index is 1.35. The standard InChI is InChI=1S/C25H24N2O4S/c28-23(20-15-30-18-11-5-6-12-19(18)31-20)27-25-22(17-10-4-7-13-21(17)32-25)24(29)26-14-16-8-2-1-3-9-16/h1-3,5-6,8-9,11-12,20H,4,7,10,13-15H2,(H,26,29)(H,27,28)/t20-/m1/s1. The summed E-state index contributed by atoms with van der Waals surface area (Å²) >= 11 is 1.50. The molecular weight excluding hydrogens is 424 g/mol. The van der Waals surface area contributed by atoms with E-state index in [1.54, 1.807) is 6.07 Å². The van der Waals surface area contributed by atoms with Gasteiger partial charge in [0.05, 0.1) is 5.56 Å². The Bertz CT molecular complexity index is 1140. The molecule has 32 heavy (non-hydrogen) atoms. The highest BCUT2D eigenvalue weighted by Gasteiger charge is 2.31. The number of para-hydroxylation sites is 2. The number of nitrogens with one attached hydrogen (secondary N) is 2. The third kappa shape index (κ3) is 4.21. The van der Waals surface area contributed by atoms with E-state index in [-0.39, 0.29) is 18.4 Å². The molecule has 1 atom stereocenters. The summed E-state index contributed by atoms with van der Waals surface area (Å²) in [6, 6.07) is 17.1.